The van der Waals surface area contributed by atoms with Crippen molar-refractivity contribution in [3.05, 3.63) is 35.9 Å². The van der Waals surface area contributed by atoms with E-state index >= 15 is 0 Å². The number of anilines is 2. The van der Waals surface area contributed by atoms with Crippen molar-refractivity contribution in [1.29, 1.82) is 0 Å². The molecule has 2 heterocycles. The van der Waals surface area contributed by atoms with E-state index in [4.69, 9.17) is 9.47 Å². The first-order chi connectivity index (χ1) is 21.6. The quantitative estimate of drug-likeness (QED) is 0.102. The van der Waals surface area contributed by atoms with Gasteiger partial charge in [0, 0.05) is 75.3 Å². The molecule has 10 nitrogen and oxygen atoms in total. The van der Waals surface area contributed by atoms with Gasteiger partial charge in [0.25, 0.3) is 0 Å². The highest BCUT2D eigenvalue weighted by Crippen LogP contribution is 2.37. The lowest BCUT2D eigenvalue weighted by molar-refractivity contribution is -0.00237. The van der Waals surface area contributed by atoms with Gasteiger partial charge in [-0.25, -0.2) is 4.79 Å². The van der Waals surface area contributed by atoms with Gasteiger partial charge in [0.05, 0.1) is 6.10 Å². The van der Waals surface area contributed by atoms with Gasteiger partial charge in [-0.3, -0.25) is 0 Å². The number of methoxy groups -OCH3 is 1. The van der Waals surface area contributed by atoms with E-state index < -0.39 is 25.3 Å². The van der Waals surface area contributed by atoms with Gasteiger partial charge in [0.15, 0.2) is 11.1 Å². The minimum absolute atomic E-state index is 0.0683. The average Bonchev–Trinajstić information content (AvgIpc) is 3.39. The summed E-state index contributed by atoms with van der Waals surface area (Å²) < 4.78 is 33.5. The number of nitrogens with one attached hydrogen (secondary N) is 1. The van der Waals surface area contributed by atoms with Gasteiger partial charge in [-0.1, -0.05) is 82.1 Å². The number of amides is 1. The Morgan fingerprint density at radius 3 is 2.58 bits per heavy atom. The summed E-state index contributed by atoms with van der Waals surface area (Å²) in [6.07, 6.45) is 8.76. The largest absolute Gasteiger partial charge is 0.546 e. The highest BCUT2D eigenvalue weighted by atomic mass is 32.2. The highest BCUT2D eigenvalue weighted by Gasteiger charge is 2.34. The molecule has 1 aromatic heterocycles. The van der Waals surface area contributed by atoms with Crippen LogP contribution in [0.15, 0.2) is 30.3 Å². The van der Waals surface area contributed by atoms with Gasteiger partial charge < -0.3 is 34.2 Å². The maximum absolute atomic E-state index is 12.8. The minimum atomic E-state index is -1.71. The molecule has 1 saturated heterocycles. The predicted octanol–water partition coefficient (Wildman–Crippen LogP) is 7.28. The highest BCUT2D eigenvalue weighted by molar-refractivity contribution is 7.14. The first-order valence-electron chi connectivity index (χ1n) is 16.9. The number of carbonyl (C=O) groups is 1. The summed E-state index contributed by atoms with van der Waals surface area (Å²) in [4.78, 5) is 16.1. The fraction of sp³-hybridized carbons (Fsp3) is 0.727. The van der Waals surface area contributed by atoms with Gasteiger partial charge in [0.2, 0.25) is 11.6 Å². The molecule has 4 rings (SSSR count). The fourth-order valence-corrected chi connectivity index (χ4v) is 8.39. The van der Waals surface area contributed by atoms with Crippen LogP contribution in [0.3, 0.4) is 0 Å². The molecule has 1 amide bonds. The van der Waals surface area contributed by atoms with Gasteiger partial charge in [-0.15, -0.1) is 0 Å². The molecule has 3 unspecified atom stereocenters. The maximum Gasteiger partial charge on any atom is 0.407 e. The van der Waals surface area contributed by atoms with E-state index in [0.717, 1.165) is 43.8 Å². The summed E-state index contributed by atoms with van der Waals surface area (Å²) in [7, 11) is 0.285. The van der Waals surface area contributed by atoms with E-state index in [1.807, 2.05) is 6.07 Å². The second-order valence-electron chi connectivity index (χ2n) is 14.1. The van der Waals surface area contributed by atoms with Gasteiger partial charge in [-0.2, -0.15) is 0 Å². The molecule has 2 N–H and O–H groups in total. The molecule has 1 aliphatic carbocycles. The van der Waals surface area contributed by atoms with Crippen LogP contribution in [0.5, 0.6) is 0 Å². The Morgan fingerprint density at radius 2 is 1.89 bits per heavy atom. The summed E-state index contributed by atoms with van der Waals surface area (Å²) in [5, 5.41) is 13.7. The lowest BCUT2D eigenvalue weighted by Gasteiger charge is -2.37. The number of nitrogens with zero attached hydrogens (tertiary/aromatic N) is 4. The molecule has 252 valence electrons. The first kappa shape index (κ1) is 35.6. The van der Waals surface area contributed by atoms with Crippen molar-refractivity contribution >= 4 is 36.9 Å². The molecule has 1 aliphatic heterocycles. The van der Waals surface area contributed by atoms with Crippen molar-refractivity contribution in [2.75, 3.05) is 56.7 Å². The van der Waals surface area contributed by atoms with Crippen LogP contribution in [0.1, 0.15) is 69.5 Å². The summed E-state index contributed by atoms with van der Waals surface area (Å²) in [5.41, 5.74) is 1.16. The van der Waals surface area contributed by atoms with Gasteiger partial charge >= 0.3 is 6.09 Å². The molecule has 0 radical (unpaired) electrons. The second-order valence-corrected chi connectivity index (χ2v) is 20.6. The third-order valence-corrected chi connectivity index (χ3v) is 11.6. The zero-order valence-electron chi connectivity index (χ0n) is 27.8. The van der Waals surface area contributed by atoms with Crippen LogP contribution >= 0.6 is 11.1 Å². The third kappa shape index (κ3) is 11.5. The Hall–Kier alpha value is -2.25. The van der Waals surface area contributed by atoms with Crippen molar-refractivity contribution in [1.82, 2.24) is 13.6 Å². The van der Waals surface area contributed by atoms with Crippen LogP contribution in [0.4, 0.5) is 16.4 Å². The molecule has 4 atom stereocenters. The number of piperidine rings is 1. The number of benzene rings is 1. The Morgan fingerprint density at radius 1 is 1.13 bits per heavy atom. The van der Waals surface area contributed by atoms with Crippen molar-refractivity contribution in [3.63, 3.8) is 0 Å². The van der Waals surface area contributed by atoms with E-state index in [9.17, 15) is 14.5 Å². The van der Waals surface area contributed by atoms with E-state index in [0.29, 0.717) is 50.4 Å². The molecule has 2 fully saturated rings. The van der Waals surface area contributed by atoms with Crippen LogP contribution in [-0.4, -0.2) is 90.0 Å². The predicted molar refractivity (Wildman–Crippen MR) is 184 cm³/mol. The zero-order chi connectivity index (χ0) is 32.2. The fourth-order valence-electron chi connectivity index (χ4n) is 6.76. The Labute approximate surface area is 274 Å². The molecule has 1 aromatic carbocycles. The molecular weight excluding hydrogens is 607 g/mol. The number of aromatic nitrogens is 2. The zero-order valence-corrected chi connectivity index (χ0v) is 29.6. The van der Waals surface area contributed by atoms with E-state index in [2.05, 4.69) is 62.9 Å². The maximum atomic E-state index is 12.8. The molecular formula is C33H55N5O5SSi. The molecule has 0 bridgehead atoms. The summed E-state index contributed by atoms with van der Waals surface area (Å²) in [5.74, 6) is 1.92. The third-order valence-electron chi connectivity index (χ3n) is 9.18. The summed E-state index contributed by atoms with van der Waals surface area (Å²) in [6.45, 7) is 10.5. The number of carboxylic acid groups (broad SMARTS) is 1. The lowest BCUT2D eigenvalue weighted by atomic mass is 9.84. The van der Waals surface area contributed by atoms with Crippen molar-refractivity contribution in [2.45, 2.75) is 95.6 Å². The van der Waals surface area contributed by atoms with Crippen molar-refractivity contribution in [2.24, 2.45) is 11.8 Å². The van der Waals surface area contributed by atoms with Crippen LogP contribution in [0, 0.1) is 11.8 Å². The van der Waals surface area contributed by atoms with Gasteiger partial charge in [0.1, 0.15) is 0 Å². The topological polar surface area (TPSA) is 123 Å². The first-order valence-corrected chi connectivity index (χ1v) is 21.6. The SMILES string of the molecule is COCCCOC(c1ccccc1)C1CCCN(c2n[s+]([O-])nc2N[C@H](CC2CCCCC2)CN(CC[Si](C)(C)C)C(=O)O)C1. The number of hydrogen-bond acceptors (Lipinski definition) is 8. The molecule has 0 spiro atoms. The molecule has 2 aromatic rings. The normalized spacial score (nSPS) is 19.7. The van der Waals surface area contributed by atoms with Crippen LogP contribution in [0.2, 0.25) is 25.7 Å². The Bertz CT molecular complexity index is 1160. The average molecular weight is 662 g/mol. The standard InChI is InChI=1S/C33H55N5O5SSi/c1-42-20-12-21-43-30(27-15-9-6-10-16-27)28-17-11-18-37(24-28)32-31(35-44(41)36-32)34-29(23-26-13-7-5-8-14-26)25-38(33(39)40)19-22-45(2,3)4/h6,9-10,15-16,26,28-30H,5,7-8,11-14,17-25H2,1-4H3,(H,34,35)(H,39,40)/t28?,29-,30?,44?/m1/s1. The summed E-state index contributed by atoms with van der Waals surface area (Å²) in [6, 6.07) is 11.2. The van der Waals surface area contributed by atoms with E-state index in [-0.39, 0.29) is 18.1 Å². The number of rotatable bonds is 17. The van der Waals surface area contributed by atoms with Crippen molar-refractivity contribution in [3.8, 4) is 0 Å². The van der Waals surface area contributed by atoms with Crippen LogP contribution < -0.4 is 10.2 Å². The number of hydrogen-bond donors (Lipinski definition) is 2. The van der Waals surface area contributed by atoms with Crippen molar-refractivity contribution < 1.29 is 23.9 Å². The molecule has 1 saturated carbocycles. The second kappa shape index (κ2) is 17.6. The Balaban J connectivity index is 1.52. The molecule has 2 aliphatic rings. The smallest absolute Gasteiger partial charge is 0.407 e. The van der Waals surface area contributed by atoms with Gasteiger partial charge in [-0.05, 0) is 43.2 Å². The van der Waals surface area contributed by atoms with Crippen LogP contribution in [0.25, 0.3) is 0 Å². The van der Waals surface area contributed by atoms with E-state index in [1.165, 1.54) is 32.1 Å². The molecule has 45 heavy (non-hydrogen) atoms. The summed E-state index contributed by atoms with van der Waals surface area (Å²) >= 11 is -1.71. The lowest BCUT2D eigenvalue weighted by Crippen LogP contribution is -2.43. The monoisotopic (exact) mass is 661 g/mol. The minimum Gasteiger partial charge on any atom is -0.546 e. The van der Waals surface area contributed by atoms with E-state index in [1.54, 1.807) is 12.0 Å². The molecule has 12 heteroatoms. The number of ether oxygens (including phenoxy) is 2. The van der Waals surface area contributed by atoms with Crippen LogP contribution in [-0.2, 0) is 9.47 Å². The Kier molecular flexibility index (Phi) is 13.9.